The van der Waals surface area contributed by atoms with Crippen molar-refractivity contribution in [1.29, 1.82) is 0 Å². The van der Waals surface area contributed by atoms with E-state index in [1.807, 2.05) is 18.2 Å². The Morgan fingerprint density at radius 3 is 2.73 bits per heavy atom. The van der Waals surface area contributed by atoms with Gasteiger partial charge in [-0.15, -0.1) is 0 Å². The van der Waals surface area contributed by atoms with Crippen LogP contribution in [0.5, 0.6) is 5.75 Å². The van der Waals surface area contributed by atoms with Gasteiger partial charge in [0.1, 0.15) is 11.9 Å². The van der Waals surface area contributed by atoms with Crippen LogP contribution in [0.15, 0.2) is 22.7 Å². The van der Waals surface area contributed by atoms with Gasteiger partial charge in [-0.25, -0.2) is 0 Å². The highest BCUT2D eigenvalue weighted by molar-refractivity contribution is 9.10. The highest BCUT2D eigenvalue weighted by Crippen LogP contribution is 2.29. The number of halogens is 2. The Morgan fingerprint density at radius 1 is 1.33 bits per heavy atom. The van der Waals surface area contributed by atoms with Gasteiger partial charge in [-0.05, 0) is 34.1 Å². The van der Waals surface area contributed by atoms with Crippen molar-refractivity contribution in [1.82, 2.24) is 0 Å². The molecular formula is C11H12BrClO2. The first kappa shape index (κ1) is 11.2. The first-order valence-corrected chi connectivity index (χ1v) is 6.12. The van der Waals surface area contributed by atoms with Gasteiger partial charge in [0, 0.05) is 17.9 Å². The quantitative estimate of drug-likeness (QED) is 0.828. The number of ether oxygens (including phenoxy) is 2. The van der Waals surface area contributed by atoms with Gasteiger partial charge in [-0.2, -0.15) is 0 Å². The second-order valence-electron chi connectivity index (χ2n) is 3.50. The molecule has 4 heteroatoms. The highest BCUT2D eigenvalue weighted by atomic mass is 79.9. The Bertz CT molecular complexity index is 337. The molecule has 1 fully saturated rings. The van der Waals surface area contributed by atoms with Gasteiger partial charge in [-0.1, -0.05) is 11.6 Å². The Labute approximate surface area is 103 Å². The fourth-order valence-electron chi connectivity index (χ4n) is 1.54. The molecule has 15 heavy (non-hydrogen) atoms. The molecule has 1 aromatic rings. The van der Waals surface area contributed by atoms with E-state index in [-0.39, 0.29) is 6.10 Å². The molecule has 1 aliphatic heterocycles. The molecule has 0 radical (unpaired) electrons. The molecule has 1 saturated heterocycles. The van der Waals surface area contributed by atoms with E-state index in [0.29, 0.717) is 5.02 Å². The lowest BCUT2D eigenvalue weighted by Gasteiger charge is -2.23. The van der Waals surface area contributed by atoms with Gasteiger partial charge >= 0.3 is 0 Å². The lowest BCUT2D eigenvalue weighted by Crippen LogP contribution is -2.25. The van der Waals surface area contributed by atoms with Crippen LogP contribution in [0.1, 0.15) is 12.8 Å². The molecule has 0 spiro atoms. The predicted molar refractivity (Wildman–Crippen MR) is 63.6 cm³/mol. The number of hydrogen-bond donors (Lipinski definition) is 0. The molecule has 0 aliphatic carbocycles. The predicted octanol–water partition coefficient (Wildman–Crippen LogP) is 3.66. The Kier molecular flexibility index (Phi) is 3.89. The van der Waals surface area contributed by atoms with Gasteiger partial charge in [-0.3, -0.25) is 0 Å². The van der Waals surface area contributed by atoms with Crippen molar-refractivity contribution in [2.45, 2.75) is 18.9 Å². The second kappa shape index (κ2) is 5.19. The van der Waals surface area contributed by atoms with Gasteiger partial charge in [0.2, 0.25) is 0 Å². The topological polar surface area (TPSA) is 18.5 Å². The zero-order chi connectivity index (χ0) is 10.7. The molecule has 2 nitrogen and oxygen atoms in total. The molecule has 0 N–H and O–H groups in total. The lowest BCUT2D eigenvalue weighted by molar-refractivity contribution is 0.0253. The summed E-state index contributed by atoms with van der Waals surface area (Å²) in [6, 6.07) is 5.57. The van der Waals surface area contributed by atoms with Crippen molar-refractivity contribution in [2.24, 2.45) is 0 Å². The minimum absolute atomic E-state index is 0.260. The minimum atomic E-state index is 0.260. The summed E-state index contributed by atoms with van der Waals surface area (Å²) >= 11 is 9.29. The maximum atomic E-state index is 5.86. The van der Waals surface area contributed by atoms with Crippen molar-refractivity contribution in [2.75, 3.05) is 13.2 Å². The third-order valence-electron chi connectivity index (χ3n) is 2.36. The van der Waals surface area contributed by atoms with Crippen LogP contribution >= 0.6 is 27.5 Å². The summed E-state index contributed by atoms with van der Waals surface area (Å²) in [6.07, 6.45) is 2.17. The summed E-state index contributed by atoms with van der Waals surface area (Å²) in [5, 5.41) is 0.709. The van der Waals surface area contributed by atoms with Gasteiger partial charge in [0.15, 0.2) is 0 Å². The Hall–Kier alpha value is -0.250. The minimum Gasteiger partial charge on any atom is -0.489 e. The first-order valence-electron chi connectivity index (χ1n) is 4.95. The van der Waals surface area contributed by atoms with Crippen LogP contribution in [0.2, 0.25) is 5.02 Å². The zero-order valence-electron chi connectivity index (χ0n) is 8.21. The van der Waals surface area contributed by atoms with Crippen molar-refractivity contribution >= 4 is 27.5 Å². The molecule has 1 aliphatic rings. The largest absolute Gasteiger partial charge is 0.489 e. The summed E-state index contributed by atoms with van der Waals surface area (Å²) in [4.78, 5) is 0. The number of hydrogen-bond acceptors (Lipinski definition) is 2. The Balaban J connectivity index is 2.03. The van der Waals surface area contributed by atoms with E-state index in [1.165, 1.54) is 0 Å². The van der Waals surface area contributed by atoms with Crippen molar-refractivity contribution < 1.29 is 9.47 Å². The number of benzene rings is 1. The summed E-state index contributed by atoms with van der Waals surface area (Å²) in [5.41, 5.74) is 0. The summed E-state index contributed by atoms with van der Waals surface area (Å²) < 4.78 is 12.0. The van der Waals surface area contributed by atoms with E-state index < -0.39 is 0 Å². The van der Waals surface area contributed by atoms with Crippen molar-refractivity contribution in [3.05, 3.63) is 27.7 Å². The lowest BCUT2D eigenvalue weighted by atomic mass is 10.1. The van der Waals surface area contributed by atoms with Gasteiger partial charge < -0.3 is 9.47 Å². The maximum absolute atomic E-state index is 5.86. The van der Waals surface area contributed by atoms with E-state index in [1.54, 1.807) is 0 Å². The summed E-state index contributed by atoms with van der Waals surface area (Å²) in [5.74, 6) is 0.853. The van der Waals surface area contributed by atoms with E-state index in [2.05, 4.69) is 15.9 Å². The smallest absolute Gasteiger partial charge is 0.133 e. The molecule has 1 heterocycles. The van der Waals surface area contributed by atoms with Crippen LogP contribution in [-0.4, -0.2) is 19.3 Å². The first-order chi connectivity index (χ1) is 7.25. The molecule has 0 unspecified atom stereocenters. The van der Waals surface area contributed by atoms with Crippen LogP contribution in [-0.2, 0) is 4.74 Å². The third-order valence-corrected chi connectivity index (χ3v) is 3.21. The van der Waals surface area contributed by atoms with Crippen molar-refractivity contribution in [3.63, 3.8) is 0 Å². The zero-order valence-corrected chi connectivity index (χ0v) is 10.6. The highest BCUT2D eigenvalue weighted by Gasteiger charge is 2.16. The standard InChI is InChI=1S/C11H12BrClO2/c12-10-7-8(13)1-2-11(10)15-9-3-5-14-6-4-9/h1-2,7,9H,3-6H2. The summed E-state index contributed by atoms with van der Waals surface area (Å²) in [7, 11) is 0. The number of rotatable bonds is 2. The molecule has 1 aromatic carbocycles. The van der Waals surface area contributed by atoms with E-state index >= 15 is 0 Å². The van der Waals surface area contributed by atoms with E-state index in [9.17, 15) is 0 Å². The van der Waals surface area contributed by atoms with Crippen LogP contribution in [0.4, 0.5) is 0 Å². The van der Waals surface area contributed by atoms with Gasteiger partial charge in [0.05, 0.1) is 17.7 Å². The fraction of sp³-hybridized carbons (Fsp3) is 0.455. The molecular weight excluding hydrogens is 279 g/mol. The van der Waals surface area contributed by atoms with E-state index in [4.69, 9.17) is 21.1 Å². The molecule has 2 rings (SSSR count). The van der Waals surface area contributed by atoms with Crippen LogP contribution in [0.25, 0.3) is 0 Å². The maximum Gasteiger partial charge on any atom is 0.133 e. The van der Waals surface area contributed by atoms with Gasteiger partial charge in [0.25, 0.3) is 0 Å². The molecule has 0 saturated carbocycles. The monoisotopic (exact) mass is 290 g/mol. The normalized spacial score (nSPS) is 17.7. The molecule has 0 amide bonds. The average Bonchev–Trinajstić information content (AvgIpc) is 2.24. The molecule has 0 atom stereocenters. The van der Waals surface area contributed by atoms with Crippen LogP contribution in [0, 0.1) is 0 Å². The summed E-state index contributed by atoms with van der Waals surface area (Å²) in [6.45, 7) is 1.58. The van der Waals surface area contributed by atoms with Crippen molar-refractivity contribution in [3.8, 4) is 5.75 Å². The SMILES string of the molecule is Clc1ccc(OC2CCOCC2)c(Br)c1. The molecule has 0 bridgehead atoms. The van der Waals surface area contributed by atoms with E-state index in [0.717, 1.165) is 36.3 Å². The second-order valence-corrected chi connectivity index (χ2v) is 4.80. The fourth-order valence-corrected chi connectivity index (χ4v) is 2.32. The van der Waals surface area contributed by atoms with Crippen LogP contribution < -0.4 is 4.74 Å². The molecule has 82 valence electrons. The average molecular weight is 292 g/mol. The third kappa shape index (κ3) is 3.10. The molecule has 0 aromatic heterocycles. The van der Waals surface area contributed by atoms with Crippen LogP contribution in [0.3, 0.4) is 0 Å². The Morgan fingerprint density at radius 2 is 2.07 bits per heavy atom.